The Morgan fingerprint density at radius 2 is 2.50 bits per heavy atom. The lowest BCUT2D eigenvalue weighted by molar-refractivity contribution is 0.197. The molecule has 2 nitrogen and oxygen atoms in total. The minimum absolute atomic E-state index is 0.0422. The van der Waals surface area contributed by atoms with Crippen LogP contribution in [0, 0.1) is 6.92 Å². The van der Waals surface area contributed by atoms with Crippen LogP contribution in [0.2, 0.25) is 0 Å². The van der Waals surface area contributed by atoms with Gasteiger partial charge in [-0.2, -0.15) is 0 Å². The van der Waals surface area contributed by atoms with Crippen molar-refractivity contribution in [2.75, 3.05) is 13.7 Å². The van der Waals surface area contributed by atoms with Gasteiger partial charge in [0.2, 0.25) is 0 Å². The first-order valence-corrected chi connectivity index (χ1v) is 5.08. The zero-order chi connectivity index (χ0) is 8.97. The van der Waals surface area contributed by atoms with Gasteiger partial charge in [0.15, 0.2) is 0 Å². The Morgan fingerprint density at radius 1 is 1.75 bits per heavy atom. The Morgan fingerprint density at radius 3 is 3.00 bits per heavy atom. The van der Waals surface area contributed by atoms with E-state index in [9.17, 15) is 0 Å². The van der Waals surface area contributed by atoms with Crippen molar-refractivity contribution in [1.82, 2.24) is 4.98 Å². The summed E-state index contributed by atoms with van der Waals surface area (Å²) in [6.07, 6.45) is 0.800. The maximum Gasteiger partial charge on any atom is 0.0943 e. The number of alkyl halides is 1. The van der Waals surface area contributed by atoms with Crippen LogP contribution in [-0.4, -0.2) is 24.1 Å². The first kappa shape index (κ1) is 9.96. The molecule has 0 saturated carbocycles. The molecule has 0 fully saturated rings. The van der Waals surface area contributed by atoms with Gasteiger partial charge in [-0.3, -0.25) is 0 Å². The van der Waals surface area contributed by atoms with Crippen molar-refractivity contribution in [3.8, 4) is 0 Å². The van der Waals surface area contributed by atoms with E-state index in [1.54, 1.807) is 18.4 Å². The summed E-state index contributed by atoms with van der Waals surface area (Å²) in [7, 11) is 1.66. The van der Waals surface area contributed by atoms with E-state index >= 15 is 0 Å². The molecule has 68 valence electrons. The number of methoxy groups -OCH3 is 1. The largest absolute Gasteiger partial charge is 0.383 e. The van der Waals surface area contributed by atoms with Crippen molar-refractivity contribution in [2.24, 2.45) is 0 Å². The van der Waals surface area contributed by atoms with Crippen molar-refractivity contribution in [3.63, 3.8) is 0 Å². The van der Waals surface area contributed by atoms with Crippen molar-refractivity contribution >= 4 is 22.9 Å². The predicted octanol–water partition coefficient (Wildman–Crippen LogP) is 2.25. The quantitative estimate of drug-likeness (QED) is 0.704. The summed E-state index contributed by atoms with van der Waals surface area (Å²) in [4.78, 5) is 4.31. The molecule has 1 rings (SSSR count). The van der Waals surface area contributed by atoms with Gasteiger partial charge < -0.3 is 4.74 Å². The van der Waals surface area contributed by atoms with E-state index < -0.39 is 0 Å². The molecule has 0 N–H and O–H groups in total. The van der Waals surface area contributed by atoms with Crippen LogP contribution in [0.3, 0.4) is 0 Å². The van der Waals surface area contributed by atoms with Crippen molar-refractivity contribution in [2.45, 2.75) is 18.7 Å². The highest BCUT2D eigenvalue weighted by atomic mass is 35.5. The van der Waals surface area contributed by atoms with E-state index in [0.29, 0.717) is 6.61 Å². The normalized spacial score (nSPS) is 13.2. The predicted molar refractivity (Wildman–Crippen MR) is 52.1 cm³/mol. The number of aromatic nitrogens is 1. The number of thiazole rings is 1. The minimum Gasteiger partial charge on any atom is -0.383 e. The molecule has 0 aliphatic carbocycles. The Hall–Kier alpha value is -0.120. The fraction of sp³-hybridized carbons (Fsp3) is 0.625. The summed E-state index contributed by atoms with van der Waals surface area (Å²) < 4.78 is 4.93. The standard InChI is InChI=1S/C8H12ClNOS/c1-6-5-12-8(10-6)3-7(9)4-11-2/h5,7H,3-4H2,1-2H3. The highest BCUT2D eigenvalue weighted by Gasteiger charge is 2.07. The molecule has 4 heteroatoms. The number of halogens is 1. The first-order chi connectivity index (χ1) is 5.72. The summed E-state index contributed by atoms with van der Waals surface area (Å²) in [5, 5.41) is 3.16. The van der Waals surface area contributed by atoms with Crippen LogP contribution in [0.1, 0.15) is 10.7 Å². The summed E-state index contributed by atoms with van der Waals surface area (Å²) in [5.41, 5.74) is 1.07. The summed E-state index contributed by atoms with van der Waals surface area (Å²) in [6, 6.07) is 0. The summed E-state index contributed by atoms with van der Waals surface area (Å²) >= 11 is 7.62. The average molecular weight is 206 g/mol. The molecule has 1 aromatic heterocycles. The van der Waals surface area contributed by atoms with Gasteiger partial charge in [-0.05, 0) is 6.92 Å². The third kappa shape index (κ3) is 3.09. The third-order valence-corrected chi connectivity index (χ3v) is 2.68. The van der Waals surface area contributed by atoms with Crippen molar-refractivity contribution < 1.29 is 4.74 Å². The zero-order valence-corrected chi connectivity index (χ0v) is 8.78. The molecule has 0 spiro atoms. The van der Waals surface area contributed by atoms with E-state index in [-0.39, 0.29) is 5.38 Å². The molecule has 1 heterocycles. The molecular formula is C8H12ClNOS. The maximum atomic E-state index is 5.97. The lowest BCUT2D eigenvalue weighted by Crippen LogP contribution is -2.10. The van der Waals surface area contributed by atoms with E-state index in [1.807, 2.05) is 12.3 Å². The molecule has 0 radical (unpaired) electrons. The van der Waals surface area contributed by atoms with Crippen LogP contribution in [0.5, 0.6) is 0 Å². The van der Waals surface area contributed by atoms with E-state index in [4.69, 9.17) is 16.3 Å². The fourth-order valence-electron chi connectivity index (χ4n) is 0.926. The minimum atomic E-state index is 0.0422. The molecule has 1 atom stereocenters. The maximum absolute atomic E-state index is 5.97. The van der Waals surface area contributed by atoms with Gasteiger partial charge in [0.05, 0.1) is 17.0 Å². The Kier molecular flexibility index (Phi) is 3.98. The highest BCUT2D eigenvalue weighted by Crippen LogP contribution is 2.13. The van der Waals surface area contributed by atoms with Gasteiger partial charge in [-0.25, -0.2) is 4.98 Å². The number of aryl methyl sites for hydroxylation is 1. The number of hydrogen-bond acceptors (Lipinski definition) is 3. The van der Waals surface area contributed by atoms with E-state index in [1.165, 1.54) is 0 Å². The second-order valence-electron chi connectivity index (χ2n) is 2.64. The van der Waals surface area contributed by atoms with Gasteiger partial charge in [-0.1, -0.05) is 0 Å². The van der Waals surface area contributed by atoms with Crippen LogP contribution < -0.4 is 0 Å². The molecule has 0 amide bonds. The van der Waals surface area contributed by atoms with Crippen LogP contribution in [0.25, 0.3) is 0 Å². The van der Waals surface area contributed by atoms with Crippen LogP contribution in [0.4, 0.5) is 0 Å². The van der Waals surface area contributed by atoms with Crippen molar-refractivity contribution in [1.29, 1.82) is 0 Å². The van der Waals surface area contributed by atoms with Crippen LogP contribution >= 0.6 is 22.9 Å². The van der Waals surface area contributed by atoms with Gasteiger partial charge in [0.25, 0.3) is 0 Å². The fourth-order valence-corrected chi connectivity index (χ4v) is 2.14. The number of ether oxygens (including phenoxy) is 1. The Labute approximate surface area is 81.5 Å². The monoisotopic (exact) mass is 205 g/mol. The molecule has 0 aromatic carbocycles. The molecule has 1 aromatic rings. The molecule has 0 aliphatic rings. The Balaban J connectivity index is 2.41. The molecule has 0 saturated heterocycles. The van der Waals surface area contributed by atoms with Crippen molar-refractivity contribution in [3.05, 3.63) is 16.1 Å². The van der Waals surface area contributed by atoms with E-state index in [2.05, 4.69) is 4.98 Å². The lowest BCUT2D eigenvalue weighted by atomic mass is 10.3. The Bertz CT molecular complexity index is 239. The van der Waals surface area contributed by atoms with Gasteiger partial charge in [-0.15, -0.1) is 22.9 Å². The first-order valence-electron chi connectivity index (χ1n) is 3.76. The number of nitrogens with zero attached hydrogens (tertiary/aromatic N) is 1. The lowest BCUT2D eigenvalue weighted by Gasteiger charge is -2.04. The second-order valence-corrected chi connectivity index (χ2v) is 4.20. The van der Waals surface area contributed by atoms with Gasteiger partial charge in [0, 0.05) is 24.6 Å². The smallest absolute Gasteiger partial charge is 0.0943 e. The van der Waals surface area contributed by atoms with Crippen LogP contribution in [0.15, 0.2) is 5.38 Å². The third-order valence-electron chi connectivity index (χ3n) is 1.41. The number of rotatable bonds is 4. The molecule has 12 heavy (non-hydrogen) atoms. The molecule has 0 bridgehead atoms. The second kappa shape index (κ2) is 4.80. The molecular weight excluding hydrogens is 194 g/mol. The van der Waals surface area contributed by atoms with Gasteiger partial charge >= 0.3 is 0 Å². The van der Waals surface area contributed by atoms with Crippen LogP contribution in [-0.2, 0) is 11.2 Å². The van der Waals surface area contributed by atoms with Gasteiger partial charge in [0.1, 0.15) is 0 Å². The summed E-state index contributed by atoms with van der Waals surface area (Å²) in [6.45, 7) is 2.57. The average Bonchev–Trinajstić information content (AvgIpc) is 2.36. The van der Waals surface area contributed by atoms with E-state index in [0.717, 1.165) is 17.1 Å². The molecule has 0 aliphatic heterocycles. The SMILES string of the molecule is COCC(Cl)Cc1nc(C)cs1. The summed E-state index contributed by atoms with van der Waals surface area (Å²) in [5.74, 6) is 0. The molecule has 1 unspecified atom stereocenters. The highest BCUT2D eigenvalue weighted by molar-refractivity contribution is 7.09. The number of hydrogen-bond donors (Lipinski definition) is 0. The topological polar surface area (TPSA) is 22.1 Å². The zero-order valence-electron chi connectivity index (χ0n) is 7.21.